The number of rotatable bonds is 4. The molecule has 1 saturated heterocycles. The van der Waals surface area contributed by atoms with E-state index in [1.165, 1.54) is 22.2 Å². The third-order valence-corrected chi connectivity index (χ3v) is 6.83. The zero-order valence-corrected chi connectivity index (χ0v) is 15.2. The highest BCUT2D eigenvalue weighted by Gasteiger charge is 2.26. The number of aromatic nitrogens is 2. The second-order valence-corrected chi connectivity index (χ2v) is 8.76. The third kappa shape index (κ3) is 2.77. The molecular formula is C17H19N3O2S2. The van der Waals surface area contributed by atoms with Gasteiger partial charge in [0.2, 0.25) is 0 Å². The van der Waals surface area contributed by atoms with Crippen molar-refractivity contribution in [2.45, 2.75) is 62.1 Å². The molecule has 4 rings (SSSR count). The molecule has 7 heteroatoms. The Morgan fingerprint density at radius 2 is 2.38 bits per heavy atom. The number of fused-ring (bicyclic) bond motifs is 3. The largest absolute Gasteiger partial charge is 0.376 e. The molecular weight excluding hydrogens is 342 g/mol. The van der Waals surface area contributed by atoms with Gasteiger partial charge in [-0.3, -0.25) is 9.36 Å². The number of nitriles is 1. The van der Waals surface area contributed by atoms with Gasteiger partial charge < -0.3 is 4.74 Å². The van der Waals surface area contributed by atoms with Gasteiger partial charge in [0.25, 0.3) is 5.56 Å². The van der Waals surface area contributed by atoms with Crippen LogP contribution in [0.3, 0.4) is 0 Å². The molecule has 2 atom stereocenters. The minimum Gasteiger partial charge on any atom is -0.376 e. The number of thioether (sulfide) groups is 1. The van der Waals surface area contributed by atoms with Crippen LogP contribution in [0.5, 0.6) is 0 Å². The van der Waals surface area contributed by atoms with E-state index in [1.807, 2.05) is 6.92 Å². The van der Waals surface area contributed by atoms with Crippen molar-refractivity contribution in [1.29, 1.82) is 5.26 Å². The monoisotopic (exact) mass is 361 g/mol. The average molecular weight is 361 g/mol. The molecule has 1 fully saturated rings. The van der Waals surface area contributed by atoms with E-state index < -0.39 is 0 Å². The van der Waals surface area contributed by atoms with Crippen molar-refractivity contribution in [2.24, 2.45) is 0 Å². The summed E-state index contributed by atoms with van der Waals surface area (Å²) in [5.41, 5.74) is 1.25. The highest BCUT2D eigenvalue weighted by atomic mass is 32.2. The van der Waals surface area contributed by atoms with Crippen LogP contribution in [0.2, 0.25) is 0 Å². The second kappa shape index (κ2) is 6.51. The molecule has 1 aliphatic carbocycles. The molecule has 2 aromatic heterocycles. The predicted octanol–water partition coefficient (Wildman–Crippen LogP) is 3.13. The Hall–Kier alpha value is -1.36. The maximum atomic E-state index is 13.2. The van der Waals surface area contributed by atoms with Crippen molar-refractivity contribution in [2.75, 3.05) is 6.61 Å². The third-order valence-electron chi connectivity index (χ3n) is 4.66. The topological polar surface area (TPSA) is 67.9 Å². The first-order valence-corrected chi connectivity index (χ1v) is 10.1. The Labute approximate surface area is 148 Å². The molecule has 2 aliphatic rings. The van der Waals surface area contributed by atoms with Gasteiger partial charge in [-0.2, -0.15) is 5.26 Å². The smallest absolute Gasteiger partial charge is 0.263 e. The molecule has 3 heterocycles. The summed E-state index contributed by atoms with van der Waals surface area (Å²) in [5.74, 6) is 0. The molecule has 0 spiro atoms. The summed E-state index contributed by atoms with van der Waals surface area (Å²) in [6.45, 7) is 3.14. The van der Waals surface area contributed by atoms with Crippen molar-refractivity contribution >= 4 is 33.3 Å². The van der Waals surface area contributed by atoms with Gasteiger partial charge in [0.1, 0.15) is 4.83 Å². The summed E-state index contributed by atoms with van der Waals surface area (Å²) in [5, 5.41) is 10.4. The Morgan fingerprint density at radius 3 is 3.12 bits per heavy atom. The van der Waals surface area contributed by atoms with Crippen LogP contribution in [-0.4, -0.2) is 27.5 Å². The van der Waals surface area contributed by atoms with E-state index in [2.05, 4.69) is 6.07 Å². The first-order valence-electron chi connectivity index (χ1n) is 8.40. The summed E-state index contributed by atoms with van der Waals surface area (Å²) < 4.78 is 7.48. The lowest BCUT2D eigenvalue weighted by Gasteiger charge is -2.16. The zero-order chi connectivity index (χ0) is 16.7. The summed E-state index contributed by atoms with van der Waals surface area (Å²) in [4.78, 5) is 20.1. The van der Waals surface area contributed by atoms with Crippen LogP contribution in [-0.2, 0) is 24.1 Å². The van der Waals surface area contributed by atoms with Crippen LogP contribution in [0.15, 0.2) is 9.95 Å². The van der Waals surface area contributed by atoms with E-state index in [1.54, 1.807) is 15.9 Å². The molecule has 0 amide bonds. The van der Waals surface area contributed by atoms with Crippen molar-refractivity contribution in [3.63, 3.8) is 0 Å². The lowest BCUT2D eigenvalue weighted by molar-refractivity contribution is 0.0937. The summed E-state index contributed by atoms with van der Waals surface area (Å²) in [7, 11) is 0. The average Bonchev–Trinajstić information content (AvgIpc) is 3.27. The maximum Gasteiger partial charge on any atom is 0.263 e. The van der Waals surface area contributed by atoms with E-state index >= 15 is 0 Å². The second-order valence-electron chi connectivity index (χ2n) is 6.37. The Bertz CT molecular complexity index is 875. The fourth-order valence-electron chi connectivity index (χ4n) is 3.49. The number of hydrogen-bond donors (Lipinski definition) is 0. The molecule has 2 aromatic rings. The van der Waals surface area contributed by atoms with Crippen molar-refractivity contribution < 1.29 is 4.74 Å². The van der Waals surface area contributed by atoms with Gasteiger partial charge in [-0.15, -0.1) is 11.3 Å². The highest BCUT2D eigenvalue weighted by molar-refractivity contribution is 8.00. The molecule has 0 unspecified atom stereocenters. The molecule has 0 saturated carbocycles. The number of ether oxygens (including phenoxy) is 1. The van der Waals surface area contributed by atoms with Crippen LogP contribution < -0.4 is 5.56 Å². The minimum atomic E-state index is -0.239. The number of hydrogen-bond acceptors (Lipinski definition) is 6. The van der Waals surface area contributed by atoms with Crippen molar-refractivity contribution in [3.8, 4) is 6.07 Å². The molecule has 126 valence electrons. The van der Waals surface area contributed by atoms with Gasteiger partial charge in [-0.05, 0) is 44.6 Å². The Kier molecular flexibility index (Phi) is 4.37. The van der Waals surface area contributed by atoms with Gasteiger partial charge in [0.15, 0.2) is 5.16 Å². The fraction of sp³-hybridized carbons (Fsp3) is 0.588. The molecule has 0 radical (unpaired) electrons. The molecule has 24 heavy (non-hydrogen) atoms. The van der Waals surface area contributed by atoms with Crippen LogP contribution >= 0.6 is 23.1 Å². The van der Waals surface area contributed by atoms with E-state index in [-0.39, 0.29) is 16.9 Å². The lowest BCUT2D eigenvalue weighted by Crippen LogP contribution is -2.29. The molecule has 5 nitrogen and oxygen atoms in total. The van der Waals surface area contributed by atoms with Gasteiger partial charge in [0, 0.05) is 11.5 Å². The number of aryl methyl sites for hydroxylation is 2. The highest BCUT2D eigenvalue weighted by Crippen LogP contribution is 2.36. The van der Waals surface area contributed by atoms with E-state index in [0.717, 1.165) is 48.9 Å². The number of thiophene rings is 1. The molecule has 1 aliphatic heterocycles. The van der Waals surface area contributed by atoms with Crippen LogP contribution in [0.4, 0.5) is 0 Å². The first kappa shape index (κ1) is 16.1. The van der Waals surface area contributed by atoms with E-state index in [4.69, 9.17) is 15.0 Å². The van der Waals surface area contributed by atoms with Gasteiger partial charge >= 0.3 is 0 Å². The van der Waals surface area contributed by atoms with Gasteiger partial charge in [-0.25, -0.2) is 4.98 Å². The predicted molar refractivity (Wildman–Crippen MR) is 95.8 cm³/mol. The van der Waals surface area contributed by atoms with Gasteiger partial charge in [0.05, 0.1) is 29.4 Å². The van der Waals surface area contributed by atoms with E-state index in [9.17, 15) is 4.79 Å². The summed E-state index contributed by atoms with van der Waals surface area (Å²) >= 11 is 3.01. The molecule has 0 bridgehead atoms. The Balaban J connectivity index is 1.84. The summed E-state index contributed by atoms with van der Waals surface area (Å²) in [6, 6.07) is 2.22. The molecule has 0 aromatic carbocycles. The quantitative estimate of drug-likeness (QED) is 0.618. The van der Waals surface area contributed by atoms with Crippen molar-refractivity contribution in [3.05, 3.63) is 20.8 Å². The normalized spacial score (nSPS) is 21.1. The van der Waals surface area contributed by atoms with Crippen LogP contribution in [0.1, 0.15) is 36.6 Å². The van der Waals surface area contributed by atoms with Gasteiger partial charge in [-0.1, -0.05) is 11.8 Å². The van der Waals surface area contributed by atoms with Crippen LogP contribution in [0.25, 0.3) is 10.2 Å². The van der Waals surface area contributed by atoms with E-state index in [0.29, 0.717) is 11.7 Å². The lowest BCUT2D eigenvalue weighted by atomic mass is 10.2. The standard InChI is InChI=1S/C17H19N3O2S2/c1-10(8-18)23-17-19-15-14(12-5-2-6-13(12)24-15)16(21)20(17)9-11-4-3-7-22-11/h10-11H,2-7,9H2,1H3/t10-,11-/m1/s1. The number of nitrogens with zero attached hydrogens (tertiary/aromatic N) is 3. The van der Waals surface area contributed by atoms with Crippen molar-refractivity contribution in [1.82, 2.24) is 9.55 Å². The first-order chi connectivity index (χ1) is 11.7. The summed E-state index contributed by atoms with van der Waals surface area (Å²) in [6.07, 6.45) is 5.26. The molecule has 0 N–H and O–H groups in total. The maximum absolute atomic E-state index is 13.2. The van der Waals surface area contributed by atoms with Crippen LogP contribution in [0, 0.1) is 11.3 Å². The SMILES string of the molecule is C[C@H](C#N)Sc1nc2sc3c(c2c(=O)n1C[C@H]1CCCO1)CCC3. The fourth-order valence-corrected chi connectivity index (χ4v) is 5.59. The minimum absolute atomic E-state index is 0.0440. The zero-order valence-electron chi connectivity index (χ0n) is 13.6. The Morgan fingerprint density at radius 1 is 1.50 bits per heavy atom.